The molecule has 0 radical (unpaired) electrons. The first-order valence-corrected chi connectivity index (χ1v) is 7.56. The minimum atomic E-state index is 0.141. The number of anilines is 1. The molecule has 1 aromatic carbocycles. The standard InChI is InChI=1S/C15H23BrN2O/c1-11-4-5-13(6-14(11)16)18-7-12(8-19)17-9-15(2,3)10-18/h4-6,12,17,19H,7-10H2,1-3H3. The monoisotopic (exact) mass is 326 g/mol. The first kappa shape index (κ1) is 14.8. The highest BCUT2D eigenvalue weighted by atomic mass is 79.9. The van der Waals surface area contributed by atoms with Gasteiger partial charge in [-0.05, 0) is 30.0 Å². The molecule has 0 saturated carbocycles. The number of halogens is 1. The Bertz CT molecular complexity index is 448. The third kappa shape index (κ3) is 3.71. The molecule has 1 aromatic rings. The maximum atomic E-state index is 9.45. The van der Waals surface area contributed by atoms with Crippen molar-refractivity contribution >= 4 is 21.6 Å². The van der Waals surface area contributed by atoms with Crippen LogP contribution in [0.3, 0.4) is 0 Å². The second-order valence-corrected chi connectivity index (χ2v) is 7.09. The molecule has 2 N–H and O–H groups in total. The zero-order chi connectivity index (χ0) is 14.0. The summed E-state index contributed by atoms with van der Waals surface area (Å²) in [4.78, 5) is 2.37. The van der Waals surface area contributed by atoms with Crippen LogP contribution >= 0.6 is 15.9 Å². The topological polar surface area (TPSA) is 35.5 Å². The van der Waals surface area contributed by atoms with E-state index in [1.807, 2.05) is 0 Å². The normalized spacial score (nSPS) is 23.2. The van der Waals surface area contributed by atoms with Crippen molar-refractivity contribution in [3.8, 4) is 0 Å². The van der Waals surface area contributed by atoms with Gasteiger partial charge in [-0.25, -0.2) is 0 Å². The van der Waals surface area contributed by atoms with Crippen LogP contribution in [0.1, 0.15) is 19.4 Å². The lowest BCUT2D eigenvalue weighted by molar-refractivity contribution is 0.242. The van der Waals surface area contributed by atoms with Gasteiger partial charge in [0.2, 0.25) is 0 Å². The van der Waals surface area contributed by atoms with Crippen LogP contribution in [0, 0.1) is 12.3 Å². The van der Waals surface area contributed by atoms with Crippen LogP contribution in [-0.2, 0) is 0 Å². The van der Waals surface area contributed by atoms with E-state index in [9.17, 15) is 5.11 Å². The summed E-state index contributed by atoms with van der Waals surface area (Å²) in [5, 5.41) is 12.9. The van der Waals surface area contributed by atoms with E-state index in [-0.39, 0.29) is 18.1 Å². The van der Waals surface area contributed by atoms with Crippen molar-refractivity contribution in [2.24, 2.45) is 5.41 Å². The van der Waals surface area contributed by atoms with Crippen molar-refractivity contribution < 1.29 is 5.11 Å². The minimum absolute atomic E-state index is 0.141. The number of benzene rings is 1. The summed E-state index contributed by atoms with van der Waals surface area (Å²) in [5.41, 5.74) is 2.66. The Balaban J connectivity index is 2.26. The molecule has 1 heterocycles. The van der Waals surface area contributed by atoms with E-state index in [0.29, 0.717) is 0 Å². The lowest BCUT2D eigenvalue weighted by Gasteiger charge is -2.31. The van der Waals surface area contributed by atoms with Gasteiger partial charge in [-0.3, -0.25) is 0 Å². The third-order valence-electron chi connectivity index (χ3n) is 3.67. The third-order valence-corrected chi connectivity index (χ3v) is 4.52. The molecule has 2 rings (SSSR count). The zero-order valence-electron chi connectivity index (χ0n) is 11.9. The van der Waals surface area contributed by atoms with E-state index in [0.717, 1.165) is 24.1 Å². The summed E-state index contributed by atoms with van der Waals surface area (Å²) in [6, 6.07) is 6.61. The van der Waals surface area contributed by atoms with E-state index in [4.69, 9.17) is 0 Å². The molecule has 0 spiro atoms. The molecule has 0 bridgehead atoms. The number of rotatable bonds is 2. The molecular formula is C15H23BrN2O. The number of aliphatic hydroxyl groups is 1. The maximum Gasteiger partial charge on any atom is 0.0601 e. The largest absolute Gasteiger partial charge is 0.395 e. The Hall–Kier alpha value is -0.580. The first-order chi connectivity index (χ1) is 8.91. The molecule has 1 fully saturated rings. The van der Waals surface area contributed by atoms with Crippen LogP contribution in [0.5, 0.6) is 0 Å². The van der Waals surface area contributed by atoms with E-state index in [1.54, 1.807) is 0 Å². The zero-order valence-corrected chi connectivity index (χ0v) is 13.5. The highest BCUT2D eigenvalue weighted by molar-refractivity contribution is 9.10. The molecule has 106 valence electrons. The summed E-state index contributed by atoms with van der Waals surface area (Å²) < 4.78 is 1.14. The molecule has 1 atom stereocenters. The molecular weight excluding hydrogens is 304 g/mol. The highest BCUT2D eigenvalue weighted by Gasteiger charge is 2.28. The smallest absolute Gasteiger partial charge is 0.0601 e. The molecule has 1 aliphatic rings. The van der Waals surface area contributed by atoms with Crippen LogP contribution in [0.25, 0.3) is 0 Å². The average molecular weight is 327 g/mol. The van der Waals surface area contributed by atoms with Crippen molar-refractivity contribution in [2.45, 2.75) is 26.8 Å². The average Bonchev–Trinajstić information content (AvgIpc) is 2.51. The Morgan fingerprint density at radius 2 is 2.21 bits per heavy atom. The number of hydrogen-bond donors (Lipinski definition) is 2. The van der Waals surface area contributed by atoms with Crippen LogP contribution in [-0.4, -0.2) is 37.4 Å². The van der Waals surface area contributed by atoms with Gasteiger partial charge in [-0.2, -0.15) is 0 Å². The van der Waals surface area contributed by atoms with Gasteiger partial charge in [-0.15, -0.1) is 0 Å². The van der Waals surface area contributed by atoms with Gasteiger partial charge in [0.25, 0.3) is 0 Å². The Morgan fingerprint density at radius 1 is 1.47 bits per heavy atom. The molecule has 0 amide bonds. The molecule has 19 heavy (non-hydrogen) atoms. The summed E-state index contributed by atoms with van der Waals surface area (Å²) in [6.45, 7) is 9.56. The van der Waals surface area contributed by atoms with Crippen molar-refractivity contribution in [2.75, 3.05) is 31.1 Å². The fraction of sp³-hybridized carbons (Fsp3) is 0.600. The van der Waals surface area contributed by atoms with Gasteiger partial charge >= 0.3 is 0 Å². The Morgan fingerprint density at radius 3 is 2.84 bits per heavy atom. The van der Waals surface area contributed by atoms with Gasteiger partial charge in [-0.1, -0.05) is 35.8 Å². The summed E-state index contributed by atoms with van der Waals surface area (Å²) >= 11 is 3.60. The lowest BCUT2D eigenvalue weighted by Crippen LogP contribution is -2.40. The van der Waals surface area contributed by atoms with Crippen molar-refractivity contribution in [1.82, 2.24) is 5.32 Å². The highest BCUT2D eigenvalue weighted by Crippen LogP contribution is 2.28. The molecule has 1 aliphatic heterocycles. The SMILES string of the molecule is Cc1ccc(N2CC(CO)NCC(C)(C)C2)cc1Br. The number of aliphatic hydroxyl groups excluding tert-OH is 1. The summed E-state index contributed by atoms with van der Waals surface area (Å²) in [5.74, 6) is 0. The number of aryl methyl sites for hydroxylation is 1. The van der Waals surface area contributed by atoms with Gasteiger partial charge in [0.15, 0.2) is 0 Å². The second-order valence-electron chi connectivity index (χ2n) is 6.24. The van der Waals surface area contributed by atoms with Crippen LogP contribution in [0.2, 0.25) is 0 Å². The second kappa shape index (κ2) is 5.81. The van der Waals surface area contributed by atoms with Gasteiger partial charge in [0, 0.05) is 35.8 Å². The fourth-order valence-corrected chi connectivity index (χ4v) is 2.85. The molecule has 1 saturated heterocycles. The first-order valence-electron chi connectivity index (χ1n) is 6.77. The summed E-state index contributed by atoms with van der Waals surface area (Å²) in [7, 11) is 0. The van der Waals surface area contributed by atoms with E-state index in [2.05, 4.69) is 65.1 Å². The van der Waals surface area contributed by atoms with Crippen LogP contribution in [0.4, 0.5) is 5.69 Å². The molecule has 0 aliphatic carbocycles. The van der Waals surface area contributed by atoms with Crippen molar-refractivity contribution in [1.29, 1.82) is 0 Å². The fourth-order valence-electron chi connectivity index (χ4n) is 2.49. The number of hydrogen-bond acceptors (Lipinski definition) is 3. The Kier molecular flexibility index (Phi) is 4.54. The van der Waals surface area contributed by atoms with Crippen molar-refractivity contribution in [3.05, 3.63) is 28.2 Å². The van der Waals surface area contributed by atoms with E-state index < -0.39 is 0 Å². The molecule has 4 heteroatoms. The van der Waals surface area contributed by atoms with Gasteiger partial charge < -0.3 is 15.3 Å². The predicted octanol–water partition coefficient (Wildman–Crippen LogP) is 2.55. The minimum Gasteiger partial charge on any atom is -0.395 e. The van der Waals surface area contributed by atoms with Crippen molar-refractivity contribution in [3.63, 3.8) is 0 Å². The molecule has 0 aromatic heterocycles. The van der Waals surface area contributed by atoms with E-state index >= 15 is 0 Å². The Labute approximate surface area is 124 Å². The van der Waals surface area contributed by atoms with Gasteiger partial charge in [0.1, 0.15) is 0 Å². The molecule has 1 unspecified atom stereocenters. The molecule has 3 nitrogen and oxygen atoms in total. The lowest BCUT2D eigenvalue weighted by atomic mass is 9.93. The van der Waals surface area contributed by atoms with Crippen LogP contribution in [0.15, 0.2) is 22.7 Å². The van der Waals surface area contributed by atoms with Crippen LogP contribution < -0.4 is 10.2 Å². The quantitative estimate of drug-likeness (QED) is 0.876. The van der Waals surface area contributed by atoms with E-state index in [1.165, 1.54) is 11.3 Å². The van der Waals surface area contributed by atoms with Gasteiger partial charge in [0.05, 0.1) is 6.61 Å². The summed E-state index contributed by atoms with van der Waals surface area (Å²) in [6.07, 6.45) is 0. The maximum absolute atomic E-state index is 9.45. The predicted molar refractivity (Wildman–Crippen MR) is 83.7 cm³/mol. The number of nitrogens with one attached hydrogen (secondary N) is 1. The number of nitrogens with zero attached hydrogens (tertiary/aromatic N) is 1.